The van der Waals surface area contributed by atoms with E-state index in [0.717, 1.165) is 17.6 Å². The first-order chi connectivity index (χ1) is 13.0. The van der Waals surface area contributed by atoms with E-state index in [1.807, 2.05) is 30.3 Å². The van der Waals surface area contributed by atoms with Gasteiger partial charge in [0.2, 0.25) is 0 Å². The molecular weight excluding hydrogens is 356 g/mol. The van der Waals surface area contributed by atoms with Crippen LogP contribution in [0.4, 0.5) is 0 Å². The summed E-state index contributed by atoms with van der Waals surface area (Å²) >= 11 is 0. The second-order valence-corrected chi connectivity index (χ2v) is 12.3. The van der Waals surface area contributed by atoms with E-state index in [1.165, 1.54) is 5.19 Å². The summed E-state index contributed by atoms with van der Waals surface area (Å²) in [7, 11) is 1.32. The van der Waals surface area contributed by atoms with Crippen LogP contribution in [0, 0.1) is 5.92 Å². The Morgan fingerprint density at radius 3 is 2.33 bits per heavy atom. The van der Waals surface area contributed by atoms with Gasteiger partial charge in [0.1, 0.15) is 12.0 Å². The van der Waals surface area contributed by atoms with Crippen LogP contribution in [0.15, 0.2) is 54.6 Å². The number of methoxy groups -OCH3 is 2. The van der Waals surface area contributed by atoms with Crippen molar-refractivity contribution in [3.63, 3.8) is 0 Å². The number of carbonyl (C=O) groups excluding carboxylic acids is 1. The molecule has 144 valence electrons. The average Bonchev–Trinajstić information content (AvgIpc) is 3.07. The van der Waals surface area contributed by atoms with Crippen LogP contribution >= 0.6 is 0 Å². The van der Waals surface area contributed by atoms with E-state index in [0.29, 0.717) is 6.61 Å². The third kappa shape index (κ3) is 3.72. The lowest BCUT2D eigenvalue weighted by Gasteiger charge is -2.35. The SMILES string of the molecule is COC[C@@H]1O[C@H](c2ccccc2OC)[C@H](C=O)[C@H]1[Si](C)(C)c1ccccc1. The Balaban J connectivity index is 2.05. The third-order valence-corrected chi connectivity index (χ3v) is 10.0. The van der Waals surface area contributed by atoms with Crippen LogP contribution in [0.1, 0.15) is 11.7 Å². The van der Waals surface area contributed by atoms with E-state index in [1.54, 1.807) is 14.2 Å². The monoisotopic (exact) mass is 384 g/mol. The number of carbonyl (C=O) groups is 1. The summed E-state index contributed by atoms with van der Waals surface area (Å²) in [5.74, 6) is 0.522. The maximum atomic E-state index is 12.3. The van der Waals surface area contributed by atoms with Crippen LogP contribution in [-0.2, 0) is 14.3 Å². The minimum absolute atomic E-state index is 0.118. The van der Waals surface area contributed by atoms with Gasteiger partial charge in [0, 0.05) is 18.6 Å². The van der Waals surface area contributed by atoms with Crippen molar-refractivity contribution in [1.82, 2.24) is 0 Å². The van der Waals surface area contributed by atoms with Gasteiger partial charge in [-0.25, -0.2) is 0 Å². The molecule has 1 heterocycles. The minimum Gasteiger partial charge on any atom is -0.496 e. The van der Waals surface area contributed by atoms with Gasteiger partial charge in [-0.15, -0.1) is 0 Å². The zero-order valence-corrected chi connectivity index (χ0v) is 17.4. The van der Waals surface area contributed by atoms with Crippen LogP contribution in [0.25, 0.3) is 0 Å². The Labute approximate surface area is 162 Å². The molecule has 5 heteroatoms. The van der Waals surface area contributed by atoms with E-state index in [4.69, 9.17) is 14.2 Å². The molecule has 1 aliphatic heterocycles. The molecule has 0 bridgehead atoms. The van der Waals surface area contributed by atoms with E-state index < -0.39 is 8.07 Å². The van der Waals surface area contributed by atoms with Gasteiger partial charge in [-0.2, -0.15) is 0 Å². The predicted octanol–water partition coefficient (Wildman–Crippen LogP) is 3.58. The van der Waals surface area contributed by atoms with Crippen molar-refractivity contribution in [3.8, 4) is 5.75 Å². The Morgan fingerprint density at radius 2 is 1.70 bits per heavy atom. The number of aldehydes is 1. The topological polar surface area (TPSA) is 44.8 Å². The molecule has 1 fully saturated rings. The van der Waals surface area contributed by atoms with Gasteiger partial charge in [0.15, 0.2) is 0 Å². The first-order valence-electron chi connectivity index (χ1n) is 9.32. The molecule has 4 atom stereocenters. The molecular formula is C22H28O4Si. The quantitative estimate of drug-likeness (QED) is 0.541. The number of rotatable bonds is 7. The van der Waals surface area contributed by atoms with Crippen LogP contribution in [0.3, 0.4) is 0 Å². The molecule has 0 spiro atoms. The van der Waals surface area contributed by atoms with E-state index in [-0.39, 0.29) is 23.7 Å². The van der Waals surface area contributed by atoms with Crippen molar-refractivity contribution in [1.29, 1.82) is 0 Å². The molecule has 0 radical (unpaired) electrons. The van der Waals surface area contributed by atoms with Crippen molar-refractivity contribution < 1.29 is 19.0 Å². The van der Waals surface area contributed by atoms with Crippen molar-refractivity contribution in [2.24, 2.45) is 5.92 Å². The fraction of sp³-hybridized carbons (Fsp3) is 0.409. The molecule has 0 aromatic heterocycles. The smallest absolute Gasteiger partial charge is 0.126 e. The first-order valence-corrected chi connectivity index (χ1v) is 12.4. The summed E-state index contributed by atoms with van der Waals surface area (Å²) < 4.78 is 17.5. The summed E-state index contributed by atoms with van der Waals surface area (Å²) in [5.41, 5.74) is 1.05. The molecule has 0 amide bonds. The number of ether oxygens (including phenoxy) is 3. The Bertz CT molecular complexity index is 762. The van der Waals surface area contributed by atoms with Crippen molar-refractivity contribution in [2.45, 2.75) is 30.8 Å². The normalized spacial score (nSPS) is 25.3. The molecule has 2 aromatic carbocycles. The molecule has 2 aromatic rings. The van der Waals surface area contributed by atoms with Gasteiger partial charge in [0.25, 0.3) is 0 Å². The van der Waals surface area contributed by atoms with Crippen molar-refractivity contribution >= 4 is 19.5 Å². The molecule has 1 saturated heterocycles. The maximum Gasteiger partial charge on any atom is 0.126 e. The third-order valence-electron chi connectivity index (χ3n) is 5.77. The summed E-state index contributed by atoms with van der Waals surface area (Å²) in [6, 6.07) is 18.3. The minimum atomic E-state index is -2.01. The lowest BCUT2D eigenvalue weighted by molar-refractivity contribution is -0.112. The van der Waals surface area contributed by atoms with Crippen LogP contribution in [-0.4, -0.2) is 41.3 Å². The van der Waals surface area contributed by atoms with E-state index in [2.05, 4.69) is 37.4 Å². The highest BCUT2D eigenvalue weighted by molar-refractivity contribution is 6.91. The molecule has 0 unspecified atom stereocenters. The highest BCUT2D eigenvalue weighted by Gasteiger charge is 2.53. The average molecular weight is 385 g/mol. The van der Waals surface area contributed by atoms with Gasteiger partial charge in [-0.05, 0) is 11.6 Å². The molecule has 27 heavy (non-hydrogen) atoms. The zero-order valence-electron chi connectivity index (χ0n) is 16.4. The molecule has 0 aliphatic carbocycles. The molecule has 4 nitrogen and oxygen atoms in total. The largest absolute Gasteiger partial charge is 0.496 e. The highest BCUT2D eigenvalue weighted by atomic mass is 28.3. The van der Waals surface area contributed by atoms with Gasteiger partial charge in [-0.1, -0.05) is 66.8 Å². The van der Waals surface area contributed by atoms with E-state index in [9.17, 15) is 4.79 Å². The Morgan fingerprint density at radius 1 is 1.04 bits per heavy atom. The lowest BCUT2D eigenvalue weighted by atomic mass is 9.94. The van der Waals surface area contributed by atoms with Crippen molar-refractivity contribution in [3.05, 3.63) is 60.2 Å². The zero-order chi connectivity index (χ0) is 19.4. The predicted molar refractivity (Wildman–Crippen MR) is 109 cm³/mol. The second kappa shape index (κ2) is 8.38. The molecule has 0 saturated carbocycles. The van der Waals surface area contributed by atoms with Crippen LogP contribution < -0.4 is 9.92 Å². The fourth-order valence-electron chi connectivity index (χ4n) is 4.45. The Kier molecular flexibility index (Phi) is 6.14. The second-order valence-electron chi connectivity index (χ2n) is 7.62. The highest BCUT2D eigenvalue weighted by Crippen LogP contribution is 2.51. The summed E-state index contributed by atoms with van der Waals surface area (Å²) in [4.78, 5) is 12.3. The first kappa shape index (κ1) is 19.8. The summed E-state index contributed by atoms with van der Waals surface area (Å²) in [6.45, 7) is 5.12. The summed E-state index contributed by atoms with van der Waals surface area (Å²) in [6.07, 6.45) is 0.635. The maximum absolute atomic E-state index is 12.3. The van der Waals surface area contributed by atoms with Crippen LogP contribution in [0.2, 0.25) is 18.6 Å². The number of hydrogen-bond donors (Lipinski definition) is 0. The van der Waals surface area contributed by atoms with Gasteiger partial charge < -0.3 is 19.0 Å². The van der Waals surface area contributed by atoms with Crippen molar-refractivity contribution in [2.75, 3.05) is 20.8 Å². The standard InChI is InChI=1S/C22H28O4Si/c1-24-15-20-22(27(3,4)16-10-6-5-7-11-16)18(14-23)21(26-20)17-12-8-9-13-19(17)25-2/h5-14,18,20-22H,15H2,1-4H3/t18-,20-,21+,22+/m0/s1. The molecule has 3 rings (SSSR count). The van der Waals surface area contributed by atoms with Gasteiger partial charge in [-0.3, -0.25) is 0 Å². The number of para-hydroxylation sites is 1. The number of benzene rings is 2. The Hall–Kier alpha value is -1.95. The lowest BCUT2D eigenvalue weighted by Crippen LogP contribution is -2.51. The molecule has 0 N–H and O–H groups in total. The number of hydrogen-bond acceptors (Lipinski definition) is 4. The summed E-state index contributed by atoms with van der Waals surface area (Å²) in [5, 5.41) is 1.33. The molecule has 1 aliphatic rings. The van der Waals surface area contributed by atoms with E-state index >= 15 is 0 Å². The van der Waals surface area contributed by atoms with Gasteiger partial charge >= 0.3 is 0 Å². The van der Waals surface area contributed by atoms with Gasteiger partial charge in [0.05, 0.1) is 34.0 Å². The van der Waals surface area contributed by atoms with Crippen LogP contribution in [0.5, 0.6) is 5.75 Å². The fourth-order valence-corrected chi connectivity index (χ4v) is 8.21.